The molecule has 1 saturated heterocycles. The van der Waals surface area contributed by atoms with Crippen molar-refractivity contribution in [3.63, 3.8) is 0 Å². The van der Waals surface area contributed by atoms with Crippen LogP contribution in [-0.4, -0.2) is 34.9 Å². The van der Waals surface area contributed by atoms with Crippen LogP contribution in [0.15, 0.2) is 12.1 Å². The summed E-state index contributed by atoms with van der Waals surface area (Å²) >= 11 is 3.67. The van der Waals surface area contributed by atoms with Crippen molar-refractivity contribution >= 4 is 29.3 Å². The second kappa shape index (κ2) is 6.23. The van der Waals surface area contributed by atoms with Gasteiger partial charge in [-0.05, 0) is 31.0 Å². The van der Waals surface area contributed by atoms with Crippen molar-refractivity contribution in [2.45, 2.75) is 31.3 Å². The molecule has 0 aliphatic carbocycles. The van der Waals surface area contributed by atoms with E-state index in [1.54, 1.807) is 18.9 Å². The number of thioether (sulfide) groups is 2. The maximum Gasteiger partial charge on any atom is 0.180 e. The number of rotatable bonds is 3. The standard InChI is InChI=1S/C15H20O2S2/c1-9-5-6-12(14(17-4)10(9)2)13(16)15-11(3)18-7-8-19-15/h5-6,11,15H,7-8H2,1-4H3. The predicted octanol–water partition coefficient (Wildman–Crippen LogP) is 3.73. The molecule has 0 N–H and O–H groups in total. The Kier molecular flexibility index (Phi) is 4.85. The van der Waals surface area contributed by atoms with E-state index in [-0.39, 0.29) is 11.0 Å². The number of hydrogen-bond acceptors (Lipinski definition) is 4. The second-order valence-corrected chi connectivity index (χ2v) is 7.55. The topological polar surface area (TPSA) is 26.3 Å². The quantitative estimate of drug-likeness (QED) is 0.794. The van der Waals surface area contributed by atoms with Crippen LogP contribution in [0.3, 0.4) is 0 Å². The van der Waals surface area contributed by atoms with E-state index in [0.717, 1.165) is 33.9 Å². The van der Waals surface area contributed by atoms with Crippen molar-refractivity contribution in [1.82, 2.24) is 0 Å². The van der Waals surface area contributed by atoms with E-state index < -0.39 is 0 Å². The monoisotopic (exact) mass is 296 g/mol. The van der Waals surface area contributed by atoms with E-state index in [2.05, 4.69) is 6.92 Å². The SMILES string of the molecule is COc1c(C(=O)C2SCCSC2C)ccc(C)c1C. The highest BCUT2D eigenvalue weighted by atomic mass is 32.2. The molecule has 4 heteroatoms. The van der Waals surface area contributed by atoms with Gasteiger partial charge < -0.3 is 4.74 Å². The average molecular weight is 296 g/mol. The molecule has 2 nitrogen and oxygen atoms in total. The third-order valence-electron chi connectivity index (χ3n) is 3.59. The molecule has 1 aliphatic heterocycles. The average Bonchev–Trinajstić information content (AvgIpc) is 2.41. The zero-order chi connectivity index (χ0) is 14.0. The van der Waals surface area contributed by atoms with Gasteiger partial charge in [0.1, 0.15) is 5.75 Å². The second-order valence-electron chi connectivity index (χ2n) is 4.82. The van der Waals surface area contributed by atoms with Crippen molar-refractivity contribution in [3.8, 4) is 5.75 Å². The van der Waals surface area contributed by atoms with Gasteiger partial charge in [-0.1, -0.05) is 13.0 Å². The van der Waals surface area contributed by atoms with Gasteiger partial charge in [0, 0.05) is 16.8 Å². The van der Waals surface area contributed by atoms with Gasteiger partial charge in [-0.25, -0.2) is 0 Å². The molecule has 1 aromatic carbocycles. The number of Topliss-reactive ketones (excluding diaryl/α,β-unsaturated/α-hetero) is 1. The van der Waals surface area contributed by atoms with Gasteiger partial charge in [0.2, 0.25) is 0 Å². The van der Waals surface area contributed by atoms with E-state index in [1.807, 2.05) is 37.7 Å². The molecule has 0 saturated carbocycles. The van der Waals surface area contributed by atoms with Gasteiger partial charge in [-0.15, -0.1) is 11.8 Å². The van der Waals surface area contributed by atoms with Crippen LogP contribution in [0.5, 0.6) is 5.75 Å². The van der Waals surface area contributed by atoms with Crippen LogP contribution >= 0.6 is 23.5 Å². The summed E-state index contributed by atoms with van der Waals surface area (Å²) in [5, 5.41) is 0.423. The lowest BCUT2D eigenvalue weighted by Crippen LogP contribution is -2.31. The van der Waals surface area contributed by atoms with E-state index in [9.17, 15) is 4.79 Å². The molecule has 1 aliphatic rings. The van der Waals surface area contributed by atoms with Crippen molar-refractivity contribution in [3.05, 3.63) is 28.8 Å². The summed E-state index contributed by atoms with van der Waals surface area (Å²) in [4.78, 5) is 12.7. The Bertz CT molecular complexity index is 485. The number of methoxy groups -OCH3 is 1. The number of benzene rings is 1. The third-order valence-corrected chi connectivity index (χ3v) is 6.68. The first-order chi connectivity index (χ1) is 9.06. The summed E-state index contributed by atoms with van der Waals surface area (Å²) in [5.41, 5.74) is 2.96. The molecule has 0 radical (unpaired) electrons. The molecular formula is C15H20O2S2. The Hall–Kier alpha value is -0.610. The van der Waals surface area contributed by atoms with Crippen molar-refractivity contribution in [2.24, 2.45) is 0 Å². The molecular weight excluding hydrogens is 276 g/mol. The number of hydrogen-bond donors (Lipinski definition) is 0. The highest BCUT2D eigenvalue weighted by Crippen LogP contribution is 2.36. The van der Waals surface area contributed by atoms with E-state index in [4.69, 9.17) is 4.74 Å². The Morgan fingerprint density at radius 1 is 1.26 bits per heavy atom. The Morgan fingerprint density at radius 3 is 2.58 bits per heavy atom. The van der Waals surface area contributed by atoms with E-state index >= 15 is 0 Å². The number of aryl methyl sites for hydroxylation is 1. The number of ether oxygens (including phenoxy) is 1. The van der Waals surface area contributed by atoms with Crippen LogP contribution in [0.2, 0.25) is 0 Å². The third kappa shape index (κ3) is 2.95. The molecule has 1 heterocycles. The van der Waals surface area contributed by atoms with Gasteiger partial charge in [0.25, 0.3) is 0 Å². The lowest BCUT2D eigenvalue weighted by atomic mass is 9.99. The number of ketones is 1. The van der Waals surface area contributed by atoms with Gasteiger partial charge in [-0.2, -0.15) is 11.8 Å². The number of carbonyl (C=O) groups excluding carboxylic acids is 1. The maximum atomic E-state index is 12.7. The molecule has 0 spiro atoms. The Balaban J connectivity index is 2.35. The smallest absolute Gasteiger partial charge is 0.180 e. The Labute approximate surface area is 123 Å². The lowest BCUT2D eigenvalue weighted by molar-refractivity contribution is 0.0986. The van der Waals surface area contributed by atoms with Gasteiger partial charge in [0.05, 0.1) is 17.9 Å². The lowest BCUT2D eigenvalue weighted by Gasteiger charge is -2.27. The van der Waals surface area contributed by atoms with Crippen LogP contribution in [-0.2, 0) is 0 Å². The summed E-state index contributed by atoms with van der Waals surface area (Å²) in [7, 11) is 1.64. The zero-order valence-corrected chi connectivity index (χ0v) is 13.5. The molecule has 0 bridgehead atoms. The largest absolute Gasteiger partial charge is 0.496 e. The Morgan fingerprint density at radius 2 is 1.95 bits per heavy atom. The molecule has 0 aromatic heterocycles. The first-order valence-electron chi connectivity index (χ1n) is 6.48. The minimum Gasteiger partial charge on any atom is -0.496 e. The van der Waals surface area contributed by atoms with Crippen LogP contribution in [0.1, 0.15) is 28.4 Å². The highest BCUT2D eigenvalue weighted by molar-refractivity contribution is 8.07. The van der Waals surface area contributed by atoms with Crippen molar-refractivity contribution < 1.29 is 9.53 Å². The summed E-state index contributed by atoms with van der Waals surface area (Å²) < 4.78 is 5.47. The normalized spacial score (nSPS) is 23.2. The fraction of sp³-hybridized carbons (Fsp3) is 0.533. The minimum absolute atomic E-state index is 0.0507. The summed E-state index contributed by atoms with van der Waals surface area (Å²) in [6, 6.07) is 3.92. The number of carbonyl (C=O) groups is 1. The molecule has 104 valence electrons. The van der Waals surface area contributed by atoms with Crippen LogP contribution < -0.4 is 4.74 Å². The van der Waals surface area contributed by atoms with Crippen molar-refractivity contribution in [2.75, 3.05) is 18.6 Å². The molecule has 19 heavy (non-hydrogen) atoms. The predicted molar refractivity (Wildman–Crippen MR) is 85.0 cm³/mol. The van der Waals surface area contributed by atoms with Gasteiger partial charge in [0.15, 0.2) is 5.78 Å². The first-order valence-corrected chi connectivity index (χ1v) is 8.57. The van der Waals surface area contributed by atoms with Crippen molar-refractivity contribution in [1.29, 1.82) is 0 Å². The summed E-state index contributed by atoms with van der Waals surface area (Å²) in [6.45, 7) is 6.20. The first kappa shape index (κ1) is 14.8. The van der Waals surface area contributed by atoms with E-state index in [0.29, 0.717) is 5.25 Å². The summed E-state index contributed by atoms with van der Waals surface area (Å²) in [5.74, 6) is 3.15. The molecule has 1 aromatic rings. The maximum absolute atomic E-state index is 12.7. The molecule has 2 rings (SSSR count). The molecule has 1 fully saturated rings. The molecule has 0 amide bonds. The summed E-state index contributed by atoms with van der Waals surface area (Å²) in [6.07, 6.45) is 0. The van der Waals surface area contributed by atoms with Crippen LogP contribution in [0, 0.1) is 13.8 Å². The molecule has 2 atom stereocenters. The highest BCUT2D eigenvalue weighted by Gasteiger charge is 2.31. The fourth-order valence-electron chi connectivity index (χ4n) is 2.32. The molecule has 2 unspecified atom stereocenters. The van der Waals surface area contributed by atoms with Crippen LogP contribution in [0.25, 0.3) is 0 Å². The van der Waals surface area contributed by atoms with E-state index in [1.165, 1.54) is 0 Å². The van der Waals surface area contributed by atoms with Gasteiger partial charge >= 0.3 is 0 Å². The fourth-order valence-corrected chi connectivity index (χ4v) is 5.04. The minimum atomic E-state index is 0.0507. The van der Waals surface area contributed by atoms with Crippen LogP contribution in [0.4, 0.5) is 0 Å². The van der Waals surface area contributed by atoms with Gasteiger partial charge in [-0.3, -0.25) is 4.79 Å². The zero-order valence-electron chi connectivity index (χ0n) is 11.9.